The fourth-order valence-electron chi connectivity index (χ4n) is 4.59. The molecule has 1 aliphatic rings. The minimum atomic E-state index is -0.506. The van der Waals surface area contributed by atoms with Crippen LogP contribution in [0.15, 0.2) is 60.9 Å². The first-order valence-corrected chi connectivity index (χ1v) is 10.7. The van der Waals surface area contributed by atoms with E-state index in [9.17, 15) is 4.79 Å². The Balaban J connectivity index is 1.71. The number of nitrogens with zero attached hydrogens (tertiary/aromatic N) is 3. The van der Waals surface area contributed by atoms with Gasteiger partial charge in [-0.3, -0.25) is 24.9 Å². The summed E-state index contributed by atoms with van der Waals surface area (Å²) in [6.07, 6.45) is 6.96. The largest absolute Gasteiger partial charge is 0.288 e. The first-order chi connectivity index (χ1) is 15.1. The lowest BCUT2D eigenvalue weighted by Gasteiger charge is -2.42. The normalized spacial score (nSPS) is 19.2. The molecule has 3 heterocycles. The first kappa shape index (κ1) is 21.2. The van der Waals surface area contributed by atoms with Crippen LogP contribution in [0.3, 0.4) is 0 Å². The van der Waals surface area contributed by atoms with Gasteiger partial charge in [0.15, 0.2) is 0 Å². The van der Waals surface area contributed by atoms with Gasteiger partial charge < -0.3 is 0 Å². The zero-order valence-corrected chi connectivity index (χ0v) is 18.0. The molecule has 6 heteroatoms. The molecule has 2 atom stereocenters. The summed E-state index contributed by atoms with van der Waals surface area (Å²) in [4.78, 5) is 23.7. The lowest BCUT2D eigenvalue weighted by molar-refractivity contribution is 0.0677. The molecule has 3 aromatic rings. The van der Waals surface area contributed by atoms with Gasteiger partial charge in [-0.05, 0) is 74.1 Å². The third kappa shape index (κ3) is 4.50. The molecule has 1 aromatic carbocycles. The third-order valence-corrected chi connectivity index (χ3v) is 6.17. The second-order valence-electron chi connectivity index (χ2n) is 8.18. The van der Waals surface area contributed by atoms with Crippen LogP contribution in [0.1, 0.15) is 69.8 Å². The molecule has 1 aliphatic heterocycles. The lowest BCUT2D eigenvalue weighted by Crippen LogP contribution is -2.37. The molecule has 0 saturated carbocycles. The summed E-state index contributed by atoms with van der Waals surface area (Å²) in [5, 5.41) is 8.87. The maximum absolute atomic E-state index is 11.7. The summed E-state index contributed by atoms with van der Waals surface area (Å²) >= 11 is 0. The molecule has 1 saturated heterocycles. The van der Waals surface area contributed by atoms with E-state index in [0.717, 1.165) is 42.8 Å². The van der Waals surface area contributed by atoms with Crippen molar-refractivity contribution in [3.8, 4) is 0 Å². The molecule has 0 aliphatic carbocycles. The quantitative estimate of drug-likeness (QED) is 0.466. The zero-order valence-electron chi connectivity index (χ0n) is 18.0. The molecule has 2 unspecified atom stereocenters. The van der Waals surface area contributed by atoms with Crippen molar-refractivity contribution in [3.05, 3.63) is 94.6 Å². The summed E-state index contributed by atoms with van der Waals surface area (Å²) < 4.78 is 0. The number of carbonyl (C=O) groups excluding carboxylic acids is 1. The highest BCUT2D eigenvalue weighted by atomic mass is 16.5. The standard InChI is InChI=1S/C25H28N4O2/c1-17-6-4-14-26-23(17)21-8-3-9-22(24-18(2)7-5-15-27-24)29(21)16-19-10-12-20(13-11-19)25(30)28-31/h4-7,10-15,21-22,31H,3,8-9,16H2,1-2H3,(H,28,30). The number of aryl methyl sites for hydroxylation is 2. The number of hydrogen-bond donors (Lipinski definition) is 2. The van der Waals surface area contributed by atoms with Crippen LogP contribution in [-0.4, -0.2) is 26.0 Å². The van der Waals surface area contributed by atoms with Gasteiger partial charge in [0.1, 0.15) is 0 Å². The Hall–Kier alpha value is -3.09. The fourth-order valence-corrected chi connectivity index (χ4v) is 4.59. The van der Waals surface area contributed by atoms with Gasteiger partial charge in [0.2, 0.25) is 0 Å². The van der Waals surface area contributed by atoms with E-state index in [1.54, 1.807) is 17.6 Å². The highest BCUT2D eigenvalue weighted by Gasteiger charge is 2.35. The average molecular weight is 417 g/mol. The minimum Gasteiger partial charge on any atom is -0.288 e. The highest BCUT2D eigenvalue weighted by Crippen LogP contribution is 2.43. The van der Waals surface area contributed by atoms with E-state index >= 15 is 0 Å². The number of benzene rings is 1. The van der Waals surface area contributed by atoms with Crippen LogP contribution in [-0.2, 0) is 6.54 Å². The summed E-state index contributed by atoms with van der Waals surface area (Å²) in [7, 11) is 0. The van der Waals surface area contributed by atoms with Crippen LogP contribution in [0.5, 0.6) is 0 Å². The number of likely N-dealkylation sites (tertiary alicyclic amines) is 1. The number of nitrogens with one attached hydrogen (secondary N) is 1. The molecule has 160 valence electrons. The number of pyridine rings is 2. The molecule has 6 nitrogen and oxygen atoms in total. The summed E-state index contributed by atoms with van der Waals surface area (Å²) in [5.41, 5.74) is 7.86. The van der Waals surface area contributed by atoms with Gasteiger partial charge in [0.25, 0.3) is 5.91 Å². The maximum Gasteiger partial charge on any atom is 0.274 e. The number of aromatic nitrogens is 2. The topological polar surface area (TPSA) is 78.4 Å². The Kier molecular flexibility index (Phi) is 6.39. The van der Waals surface area contributed by atoms with Crippen molar-refractivity contribution in [2.75, 3.05) is 0 Å². The average Bonchev–Trinajstić information content (AvgIpc) is 2.80. The summed E-state index contributed by atoms with van der Waals surface area (Å²) in [5.74, 6) is -0.506. The Labute approximate surface area is 182 Å². The van der Waals surface area contributed by atoms with Crippen LogP contribution in [0.2, 0.25) is 0 Å². The molecule has 31 heavy (non-hydrogen) atoms. The van der Waals surface area contributed by atoms with Crippen molar-refractivity contribution in [3.63, 3.8) is 0 Å². The third-order valence-electron chi connectivity index (χ3n) is 6.17. The van der Waals surface area contributed by atoms with Gasteiger partial charge in [-0.25, -0.2) is 5.48 Å². The van der Waals surface area contributed by atoms with E-state index < -0.39 is 5.91 Å². The van der Waals surface area contributed by atoms with Crippen molar-refractivity contribution < 1.29 is 10.0 Å². The Morgan fingerprint density at radius 3 is 2.00 bits per heavy atom. The predicted octanol–water partition coefficient (Wildman–Crippen LogP) is 4.68. The number of carbonyl (C=O) groups is 1. The number of amides is 1. The molecule has 2 aromatic heterocycles. The molecule has 0 radical (unpaired) electrons. The van der Waals surface area contributed by atoms with Crippen molar-refractivity contribution in [1.82, 2.24) is 20.3 Å². The van der Waals surface area contributed by atoms with Gasteiger partial charge in [-0.15, -0.1) is 0 Å². The molecule has 4 rings (SSSR count). The number of hydrogen-bond acceptors (Lipinski definition) is 5. The number of rotatable bonds is 5. The van der Waals surface area contributed by atoms with E-state index in [2.05, 4.69) is 30.9 Å². The summed E-state index contributed by atoms with van der Waals surface area (Å²) in [6, 6.07) is 16.0. The second kappa shape index (κ2) is 9.37. The van der Waals surface area contributed by atoms with Crippen LogP contribution in [0.4, 0.5) is 0 Å². The van der Waals surface area contributed by atoms with Crippen LogP contribution >= 0.6 is 0 Å². The van der Waals surface area contributed by atoms with Gasteiger partial charge >= 0.3 is 0 Å². The molecular weight excluding hydrogens is 388 g/mol. The molecule has 0 spiro atoms. The molecule has 1 amide bonds. The monoisotopic (exact) mass is 416 g/mol. The predicted molar refractivity (Wildman–Crippen MR) is 119 cm³/mol. The van der Waals surface area contributed by atoms with Crippen LogP contribution in [0.25, 0.3) is 0 Å². The fraction of sp³-hybridized carbons (Fsp3) is 0.320. The Bertz CT molecular complexity index is 998. The van der Waals surface area contributed by atoms with E-state index in [4.69, 9.17) is 15.2 Å². The van der Waals surface area contributed by atoms with Crippen molar-refractivity contribution in [2.45, 2.75) is 51.7 Å². The van der Waals surface area contributed by atoms with Crippen molar-refractivity contribution in [2.24, 2.45) is 0 Å². The summed E-state index contributed by atoms with van der Waals surface area (Å²) in [6.45, 7) is 4.97. The van der Waals surface area contributed by atoms with Crippen molar-refractivity contribution >= 4 is 5.91 Å². The smallest absolute Gasteiger partial charge is 0.274 e. The van der Waals surface area contributed by atoms with Crippen LogP contribution in [0, 0.1) is 13.8 Å². The van der Waals surface area contributed by atoms with Crippen molar-refractivity contribution in [1.29, 1.82) is 0 Å². The molecule has 1 fully saturated rings. The van der Waals surface area contributed by atoms with Gasteiger partial charge in [-0.1, -0.05) is 24.3 Å². The van der Waals surface area contributed by atoms with E-state index in [-0.39, 0.29) is 12.1 Å². The highest BCUT2D eigenvalue weighted by molar-refractivity contribution is 5.93. The maximum atomic E-state index is 11.7. The number of piperidine rings is 1. The minimum absolute atomic E-state index is 0.196. The SMILES string of the molecule is Cc1cccnc1C1CCCC(c2ncccc2C)N1Cc1ccc(C(=O)NO)cc1. The Morgan fingerprint density at radius 1 is 0.968 bits per heavy atom. The van der Waals surface area contributed by atoms with Crippen LogP contribution < -0.4 is 5.48 Å². The zero-order chi connectivity index (χ0) is 21.8. The lowest BCUT2D eigenvalue weighted by atomic mass is 9.88. The molecule has 0 bridgehead atoms. The van der Waals surface area contributed by atoms with E-state index in [1.165, 1.54) is 11.1 Å². The van der Waals surface area contributed by atoms with E-state index in [0.29, 0.717) is 5.56 Å². The van der Waals surface area contributed by atoms with Gasteiger partial charge in [-0.2, -0.15) is 0 Å². The molecule has 2 N–H and O–H groups in total. The second-order valence-corrected chi connectivity index (χ2v) is 8.18. The molecular formula is C25H28N4O2. The number of hydroxylamine groups is 1. The Morgan fingerprint density at radius 2 is 1.52 bits per heavy atom. The van der Waals surface area contributed by atoms with Gasteiger partial charge in [0, 0.05) is 24.5 Å². The van der Waals surface area contributed by atoms with Gasteiger partial charge in [0.05, 0.1) is 23.5 Å². The van der Waals surface area contributed by atoms with E-state index in [1.807, 2.05) is 36.7 Å². The first-order valence-electron chi connectivity index (χ1n) is 10.7.